The monoisotopic (exact) mass is 302 g/mol. The third kappa shape index (κ3) is 4.61. The number of nitrogens with one attached hydrogen (secondary N) is 1. The number of carboxylic acid groups (broad SMARTS) is 1. The predicted molar refractivity (Wildman–Crippen MR) is 81.7 cm³/mol. The number of hydrogen-bond acceptors (Lipinski definition) is 4. The lowest BCUT2D eigenvalue weighted by atomic mass is 10.1. The van der Waals surface area contributed by atoms with Crippen molar-refractivity contribution in [1.29, 1.82) is 0 Å². The molecule has 5 nitrogen and oxygen atoms in total. The molecule has 2 N–H and O–H groups in total. The molecule has 0 saturated carbocycles. The number of carbonyl (C=O) groups excluding carboxylic acids is 1. The second kappa shape index (κ2) is 6.90. The minimum atomic E-state index is -0.890. The average molecular weight is 302 g/mol. The van der Waals surface area contributed by atoms with Gasteiger partial charge in [-0.1, -0.05) is 29.5 Å². The molecular formula is C15H14N2O3S. The van der Waals surface area contributed by atoms with Crippen LogP contribution in [0.3, 0.4) is 0 Å². The van der Waals surface area contributed by atoms with Crippen LogP contribution in [0, 0.1) is 6.92 Å². The zero-order valence-electron chi connectivity index (χ0n) is 11.4. The Bertz CT molecular complexity index is 656. The minimum absolute atomic E-state index is 0.0397. The molecule has 1 heterocycles. The molecule has 108 valence electrons. The maximum Gasteiger partial charge on any atom is 0.313 e. The molecule has 1 aromatic heterocycles. The van der Waals surface area contributed by atoms with Crippen molar-refractivity contribution in [2.45, 2.75) is 11.9 Å². The predicted octanol–water partition coefficient (Wildman–Crippen LogP) is 2.82. The number of amides is 1. The van der Waals surface area contributed by atoms with E-state index in [1.165, 1.54) is 6.20 Å². The third-order valence-electron chi connectivity index (χ3n) is 2.62. The van der Waals surface area contributed by atoms with Gasteiger partial charge in [-0.05, 0) is 31.2 Å². The summed E-state index contributed by atoms with van der Waals surface area (Å²) in [6.07, 6.45) is 1.51. The van der Waals surface area contributed by atoms with Crippen LogP contribution >= 0.6 is 11.8 Å². The number of rotatable bonds is 5. The molecule has 0 fully saturated rings. The summed E-state index contributed by atoms with van der Waals surface area (Å²) in [5.41, 5.74) is 2.17. The van der Waals surface area contributed by atoms with Crippen LogP contribution in [0.25, 0.3) is 0 Å². The van der Waals surface area contributed by atoms with Gasteiger partial charge in [0.2, 0.25) is 0 Å². The first-order valence-electron chi connectivity index (χ1n) is 6.23. The lowest BCUT2D eigenvalue weighted by molar-refractivity contribution is -0.133. The smallest absolute Gasteiger partial charge is 0.313 e. The molecule has 0 radical (unpaired) electrons. The second-order valence-corrected chi connectivity index (χ2v) is 5.39. The van der Waals surface area contributed by atoms with Gasteiger partial charge in [0, 0.05) is 5.56 Å². The molecule has 0 bridgehead atoms. The number of anilines is 1. The van der Waals surface area contributed by atoms with Crippen molar-refractivity contribution in [1.82, 2.24) is 4.98 Å². The molecule has 0 aliphatic heterocycles. The van der Waals surface area contributed by atoms with Gasteiger partial charge in [0.25, 0.3) is 5.91 Å². The highest BCUT2D eigenvalue weighted by molar-refractivity contribution is 7.99. The van der Waals surface area contributed by atoms with E-state index in [2.05, 4.69) is 10.3 Å². The summed E-state index contributed by atoms with van der Waals surface area (Å²) >= 11 is 1.13. The van der Waals surface area contributed by atoms with Crippen LogP contribution in [0.4, 0.5) is 5.69 Å². The second-order valence-electron chi connectivity index (χ2n) is 4.39. The number of pyridine rings is 1. The standard InChI is InChI=1S/C15H14N2O3S/c1-10-3-2-4-11(7-10)15(20)17-12-5-6-13(16-8-12)21-9-14(18)19/h2-8H,9H2,1H3,(H,17,20)(H,18,19). The van der Waals surface area contributed by atoms with E-state index in [1.54, 1.807) is 24.3 Å². The van der Waals surface area contributed by atoms with E-state index >= 15 is 0 Å². The molecule has 0 saturated heterocycles. The molecule has 0 aliphatic carbocycles. The number of hydrogen-bond donors (Lipinski definition) is 2. The minimum Gasteiger partial charge on any atom is -0.481 e. The summed E-state index contributed by atoms with van der Waals surface area (Å²) in [6.45, 7) is 1.92. The Morgan fingerprint density at radius 2 is 2.10 bits per heavy atom. The summed E-state index contributed by atoms with van der Waals surface area (Å²) < 4.78 is 0. The molecule has 2 rings (SSSR count). The Balaban J connectivity index is 2.00. The van der Waals surface area contributed by atoms with Gasteiger partial charge in [0.15, 0.2) is 0 Å². The van der Waals surface area contributed by atoms with Gasteiger partial charge in [-0.15, -0.1) is 0 Å². The van der Waals surface area contributed by atoms with Gasteiger partial charge >= 0.3 is 5.97 Å². The van der Waals surface area contributed by atoms with Crippen molar-refractivity contribution < 1.29 is 14.7 Å². The van der Waals surface area contributed by atoms with Crippen LogP contribution in [0.1, 0.15) is 15.9 Å². The van der Waals surface area contributed by atoms with Gasteiger partial charge in [-0.2, -0.15) is 0 Å². The first-order chi connectivity index (χ1) is 10.0. The van der Waals surface area contributed by atoms with E-state index in [4.69, 9.17) is 5.11 Å². The number of aliphatic carboxylic acids is 1. The van der Waals surface area contributed by atoms with Crippen LogP contribution in [-0.4, -0.2) is 27.7 Å². The Morgan fingerprint density at radius 3 is 2.71 bits per heavy atom. The highest BCUT2D eigenvalue weighted by Crippen LogP contribution is 2.17. The zero-order valence-corrected chi connectivity index (χ0v) is 12.2. The Hall–Kier alpha value is -2.34. The zero-order chi connectivity index (χ0) is 15.2. The highest BCUT2D eigenvalue weighted by Gasteiger charge is 2.07. The number of nitrogens with zero attached hydrogens (tertiary/aromatic N) is 1. The lowest BCUT2D eigenvalue weighted by Gasteiger charge is -2.06. The normalized spacial score (nSPS) is 10.1. The molecule has 0 spiro atoms. The van der Waals surface area contributed by atoms with Gasteiger partial charge in [-0.25, -0.2) is 4.98 Å². The van der Waals surface area contributed by atoms with Crippen LogP contribution < -0.4 is 5.32 Å². The van der Waals surface area contributed by atoms with Crippen LogP contribution in [-0.2, 0) is 4.79 Å². The summed E-state index contributed by atoms with van der Waals surface area (Å²) in [7, 11) is 0. The van der Waals surface area contributed by atoms with Crippen LogP contribution in [0.15, 0.2) is 47.6 Å². The molecule has 0 atom stereocenters. The molecule has 21 heavy (non-hydrogen) atoms. The number of carbonyl (C=O) groups is 2. The largest absolute Gasteiger partial charge is 0.481 e. The average Bonchev–Trinajstić information content (AvgIpc) is 2.46. The molecule has 1 amide bonds. The summed E-state index contributed by atoms with van der Waals surface area (Å²) in [4.78, 5) is 26.6. The van der Waals surface area contributed by atoms with Crippen molar-refractivity contribution >= 4 is 29.3 Å². The molecule has 6 heteroatoms. The van der Waals surface area contributed by atoms with E-state index in [9.17, 15) is 9.59 Å². The molecule has 0 aliphatic rings. The fourth-order valence-corrected chi connectivity index (χ4v) is 2.23. The van der Waals surface area contributed by atoms with Crippen LogP contribution in [0.5, 0.6) is 0 Å². The summed E-state index contributed by atoms with van der Waals surface area (Å²) in [6, 6.07) is 10.7. The number of aryl methyl sites for hydroxylation is 1. The summed E-state index contributed by atoms with van der Waals surface area (Å²) in [5.74, 6) is -1.13. The first kappa shape index (κ1) is 15.1. The van der Waals surface area contributed by atoms with Crippen molar-refractivity contribution in [3.05, 3.63) is 53.7 Å². The third-order valence-corrected chi connectivity index (χ3v) is 3.55. The quantitative estimate of drug-likeness (QED) is 0.830. The molecule has 1 aromatic carbocycles. The number of thioether (sulfide) groups is 1. The van der Waals surface area contributed by atoms with Crippen molar-refractivity contribution in [3.63, 3.8) is 0 Å². The Morgan fingerprint density at radius 1 is 1.29 bits per heavy atom. The van der Waals surface area contributed by atoms with Crippen molar-refractivity contribution in [2.24, 2.45) is 0 Å². The van der Waals surface area contributed by atoms with Gasteiger partial charge in [0.05, 0.1) is 22.7 Å². The number of carboxylic acids is 1. The van der Waals surface area contributed by atoms with Gasteiger partial charge in [0.1, 0.15) is 0 Å². The van der Waals surface area contributed by atoms with E-state index in [1.807, 2.05) is 19.1 Å². The maximum absolute atomic E-state index is 12.0. The number of aromatic nitrogens is 1. The summed E-state index contributed by atoms with van der Waals surface area (Å²) in [5, 5.41) is 11.9. The van der Waals surface area contributed by atoms with E-state index in [-0.39, 0.29) is 11.7 Å². The fourth-order valence-electron chi connectivity index (χ4n) is 1.66. The topological polar surface area (TPSA) is 79.3 Å². The highest BCUT2D eigenvalue weighted by atomic mass is 32.2. The lowest BCUT2D eigenvalue weighted by Crippen LogP contribution is -2.12. The Labute approximate surface area is 126 Å². The van der Waals surface area contributed by atoms with Gasteiger partial charge < -0.3 is 10.4 Å². The van der Waals surface area contributed by atoms with E-state index in [0.29, 0.717) is 16.3 Å². The molecule has 0 unspecified atom stereocenters. The van der Waals surface area contributed by atoms with Gasteiger partial charge in [-0.3, -0.25) is 9.59 Å². The SMILES string of the molecule is Cc1cccc(C(=O)Nc2ccc(SCC(=O)O)nc2)c1. The number of benzene rings is 1. The van der Waals surface area contributed by atoms with E-state index in [0.717, 1.165) is 17.3 Å². The Kier molecular flexibility index (Phi) is 4.94. The van der Waals surface area contributed by atoms with Crippen molar-refractivity contribution in [3.8, 4) is 0 Å². The van der Waals surface area contributed by atoms with Crippen molar-refractivity contribution in [2.75, 3.05) is 11.1 Å². The molecular weight excluding hydrogens is 288 g/mol. The van der Waals surface area contributed by atoms with Crippen LogP contribution in [0.2, 0.25) is 0 Å². The first-order valence-corrected chi connectivity index (χ1v) is 7.22. The fraction of sp³-hybridized carbons (Fsp3) is 0.133. The maximum atomic E-state index is 12.0. The van der Waals surface area contributed by atoms with E-state index < -0.39 is 5.97 Å². The molecule has 2 aromatic rings.